The lowest BCUT2D eigenvalue weighted by atomic mass is 9.90. The molecule has 1 aliphatic carbocycles. The smallest absolute Gasteiger partial charge is 0.251 e. The number of Topliss-reactive ketones (excluding diaryl/α,β-unsaturated/α-hetero) is 2. The third-order valence-electron chi connectivity index (χ3n) is 4.92. The number of aromatic nitrogens is 2. The van der Waals surface area contributed by atoms with Crippen LogP contribution < -0.4 is 0 Å². The quantitative estimate of drug-likeness (QED) is 0.866. The Balaban J connectivity index is 1.76. The van der Waals surface area contributed by atoms with Crippen molar-refractivity contribution in [2.24, 2.45) is 0 Å². The number of ketones is 2. The van der Waals surface area contributed by atoms with E-state index in [0.717, 1.165) is 24.5 Å². The summed E-state index contributed by atoms with van der Waals surface area (Å²) in [7, 11) is 0. The van der Waals surface area contributed by atoms with Crippen LogP contribution in [0, 0.1) is 0 Å². The first-order valence-corrected chi connectivity index (χ1v) is 8.19. The van der Waals surface area contributed by atoms with Gasteiger partial charge in [-0.1, -0.05) is 30.7 Å². The number of fused-ring (bicyclic) bond motifs is 3. The molecule has 1 aromatic carbocycles. The minimum atomic E-state index is -0.483. The summed E-state index contributed by atoms with van der Waals surface area (Å²) in [4.78, 5) is 34.8. The molecule has 4 rings (SSSR count). The molecule has 0 spiro atoms. The topological polar surface area (TPSA) is 66.1 Å². The van der Waals surface area contributed by atoms with E-state index in [-0.39, 0.29) is 6.04 Å². The molecule has 2 heterocycles. The Morgan fingerprint density at radius 3 is 2.48 bits per heavy atom. The largest absolute Gasteiger partial charge is 0.337 e. The molecule has 1 fully saturated rings. The molecule has 1 saturated heterocycles. The Morgan fingerprint density at radius 2 is 1.74 bits per heavy atom. The highest BCUT2D eigenvalue weighted by Gasteiger charge is 2.34. The fourth-order valence-corrected chi connectivity index (χ4v) is 3.55. The molecule has 1 unspecified atom stereocenters. The highest BCUT2D eigenvalue weighted by Crippen LogP contribution is 2.33. The van der Waals surface area contributed by atoms with E-state index in [0.29, 0.717) is 17.0 Å². The maximum Gasteiger partial charge on any atom is 0.251 e. The van der Waals surface area contributed by atoms with Crippen LogP contribution in [0.5, 0.6) is 0 Å². The van der Waals surface area contributed by atoms with Crippen LogP contribution in [0.4, 0.5) is 0 Å². The number of imidazole rings is 1. The predicted octanol–water partition coefficient (Wildman–Crippen LogP) is 3.00. The van der Waals surface area contributed by atoms with Crippen LogP contribution in [0.2, 0.25) is 0 Å². The normalized spacial score (nSPS) is 19.3. The third kappa shape index (κ3) is 2.23. The summed E-state index contributed by atoms with van der Waals surface area (Å²) >= 11 is 0. The van der Waals surface area contributed by atoms with Gasteiger partial charge in [0, 0.05) is 11.1 Å². The Bertz CT molecular complexity index is 787. The SMILES string of the molecule is CC(c1nc2c([nH]1)C(=O)C(=O)c1ccccc1-2)N1CCCCC1. The van der Waals surface area contributed by atoms with Crippen LogP contribution in [0.1, 0.15) is 58.9 Å². The van der Waals surface area contributed by atoms with E-state index in [1.807, 2.05) is 12.1 Å². The fourth-order valence-electron chi connectivity index (χ4n) is 3.55. The summed E-state index contributed by atoms with van der Waals surface area (Å²) in [5.41, 5.74) is 2.16. The van der Waals surface area contributed by atoms with Crippen molar-refractivity contribution in [3.05, 3.63) is 41.3 Å². The summed E-state index contributed by atoms with van der Waals surface area (Å²) in [5, 5.41) is 0. The van der Waals surface area contributed by atoms with Crippen LogP contribution in [-0.2, 0) is 0 Å². The van der Waals surface area contributed by atoms with E-state index in [2.05, 4.69) is 21.8 Å². The van der Waals surface area contributed by atoms with Crippen molar-refractivity contribution in [2.75, 3.05) is 13.1 Å². The summed E-state index contributed by atoms with van der Waals surface area (Å²) in [6.07, 6.45) is 3.67. The van der Waals surface area contributed by atoms with E-state index in [4.69, 9.17) is 0 Å². The molecule has 0 radical (unpaired) electrons. The molecule has 0 amide bonds. The van der Waals surface area contributed by atoms with Crippen molar-refractivity contribution in [1.29, 1.82) is 0 Å². The Kier molecular flexibility index (Phi) is 3.38. The summed E-state index contributed by atoms with van der Waals surface area (Å²) in [6.45, 7) is 4.21. The number of likely N-dealkylation sites (tertiary alicyclic amines) is 1. The van der Waals surface area contributed by atoms with Crippen LogP contribution in [-0.4, -0.2) is 39.5 Å². The lowest BCUT2D eigenvalue weighted by Gasteiger charge is -2.31. The van der Waals surface area contributed by atoms with Gasteiger partial charge >= 0.3 is 0 Å². The number of hydrogen-bond donors (Lipinski definition) is 1. The van der Waals surface area contributed by atoms with Gasteiger partial charge in [0.25, 0.3) is 5.78 Å². The van der Waals surface area contributed by atoms with E-state index < -0.39 is 11.6 Å². The fraction of sp³-hybridized carbons (Fsp3) is 0.389. The van der Waals surface area contributed by atoms with Crippen LogP contribution in [0.15, 0.2) is 24.3 Å². The number of rotatable bonds is 2. The first kappa shape index (κ1) is 14.3. The average molecular weight is 309 g/mol. The number of nitrogens with one attached hydrogen (secondary N) is 1. The van der Waals surface area contributed by atoms with E-state index in [1.54, 1.807) is 12.1 Å². The van der Waals surface area contributed by atoms with Crippen molar-refractivity contribution in [2.45, 2.75) is 32.2 Å². The van der Waals surface area contributed by atoms with Crippen LogP contribution in [0.3, 0.4) is 0 Å². The molecule has 1 aliphatic heterocycles. The third-order valence-corrected chi connectivity index (χ3v) is 4.92. The van der Waals surface area contributed by atoms with Crippen molar-refractivity contribution in [1.82, 2.24) is 14.9 Å². The molecule has 118 valence electrons. The van der Waals surface area contributed by atoms with Gasteiger partial charge in [-0.25, -0.2) is 4.98 Å². The summed E-state index contributed by atoms with van der Waals surface area (Å²) in [6, 6.07) is 7.32. The minimum absolute atomic E-state index is 0.121. The second kappa shape index (κ2) is 5.42. The van der Waals surface area contributed by atoms with Gasteiger partial charge in [0.05, 0.1) is 6.04 Å². The van der Waals surface area contributed by atoms with Gasteiger partial charge in [0.1, 0.15) is 17.2 Å². The summed E-state index contributed by atoms with van der Waals surface area (Å²) < 4.78 is 0. The van der Waals surface area contributed by atoms with Gasteiger partial charge in [-0.3, -0.25) is 14.5 Å². The van der Waals surface area contributed by atoms with Crippen molar-refractivity contribution in [3.8, 4) is 11.3 Å². The lowest BCUT2D eigenvalue weighted by molar-refractivity contribution is 0.0812. The van der Waals surface area contributed by atoms with Crippen LogP contribution in [0.25, 0.3) is 11.3 Å². The molecule has 2 aliphatic rings. The molecule has 1 aromatic heterocycles. The molecular weight excluding hydrogens is 290 g/mol. The molecule has 23 heavy (non-hydrogen) atoms. The zero-order chi connectivity index (χ0) is 16.0. The van der Waals surface area contributed by atoms with E-state index in [1.165, 1.54) is 19.3 Å². The highest BCUT2D eigenvalue weighted by molar-refractivity contribution is 6.52. The number of carbonyl (C=O) groups is 2. The first-order valence-electron chi connectivity index (χ1n) is 8.19. The van der Waals surface area contributed by atoms with Crippen LogP contribution >= 0.6 is 0 Å². The molecule has 0 bridgehead atoms. The van der Waals surface area contributed by atoms with Gasteiger partial charge in [-0.05, 0) is 32.9 Å². The number of carbonyl (C=O) groups excluding carboxylic acids is 2. The molecule has 1 N–H and O–H groups in total. The molecule has 5 heteroatoms. The lowest BCUT2D eigenvalue weighted by Crippen LogP contribution is -2.32. The zero-order valence-electron chi connectivity index (χ0n) is 13.1. The van der Waals surface area contributed by atoms with Crippen molar-refractivity contribution >= 4 is 11.6 Å². The Labute approximate surface area is 134 Å². The number of hydrogen-bond acceptors (Lipinski definition) is 4. The van der Waals surface area contributed by atoms with Gasteiger partial charge in [0.15, 0.2) is 0 Å². The molecule has 2 aromatic rings. The average Bonchev–Trinajstić information content (AvgIpc) is 3.05. The Morgan fingerprint density at radius 1 is 1.04 bits per heavy atom. The maximum atomic E-state index is 12.4. The monoisotopic (exact) mass is 309 g/mol. The van der Waals surface area contributed by atoms with Gasteiger partial charge in [-0.2, -0.15) is 0 Å². The molecule has 1 atom stereocenters. The highest BCUT2D eigenvalue weighted by atomic mass is 16.2. The minimum Gasteiger partial charge on any atom is -0.337 e. The predicted molar refractivity (Wildman–Crippen MR) is 86.5 cm³/mol. The van der Waals surface area contributed by atoms with Gasteiger partial charge < -0.3 is 4.98 Å². The van der Waals surface area contributed by atoms with Gasteiger partial charge in [0.2, 0.25) is 5.78 Å². The van der Waals surface area contributed by atoms with E-state index >= 15 is 0 Å². The standard InChI is InChI=1S/C18H19N3O2/c1-11(21-9-5-2-6-10-21)18-19-14-12-7-3-4-8-13(12)16(22)17(23)15(14)20-18/h3-4,7-8,11H,2,5-6,9-10H2,1H3,(H,19,20). The zero-order valence-corrected chi connectivity index (χ0v) is 13.1. The van der Waals surface area contributed by atoms with Crippen molar-refractivity contribution < 1.29 is 9.59 Å². The number of aromatic amines is 1. The van der Waals surface area contributed by atoms with Gasteiger partial charge in [-0.15, -0.1) is 0 Å². The molecule has 0 saturated carbocycles. The first-order chi connectivity index (χ1) is 11.2. The molecule has 5 nitrogen and oxygen atoms in total. The second-order valence-electron chi connectivity index (χ2n) is 6.32. The number of nitrogens with zero attached hydrogens (tertiary/aromatic N) is 2. The second-order valence-corrected chi connectivity index (χ2v) is 6.32. The Hall–Kier alpha value is -2.27. The summed E-state index contributed by atoms with van der Waals surface area (Å²) in [5.74, 6) is -0.160. The number of benzene rings is 1. The maximum absolute atomic E-state index is 12.4. The van der Waals surface area contributed by atoms with Crippen molar-refractivity contribution in [3.63, 3.8) is 0 Å². The van der Waals surface area contributed by atoms with E-state index in [9.17, 15) is 9.59 Å². The molecular formula is C18H19N3O2. The number of piperidine rings is 1. The number of H-pyrrole nitrogens is 1.